The van der Waals surface area contributed by atoms with Crippen LogP contribution in [-0.4, -0.2) is 44.6 Å². The number of imidazole rings is 1. The summed E-state index contributed by atoms with van der Waals surface area (Å²) in [5.41, 5.74) is 1.56. The van der Waals surface area contributed by atoms with Gasteiger partial charge in [-0.3, -0.25) is 4.79 Å². The molecule has 1 aliphatic rings. The Kier molecular flexibility index (Phi) is 3.03. The Balaban J connectivity index is 1.85. The van der Waals surface area contributed by atoms with E-state index in [1.807, 2.05) is 13.1 Å². The summed E-state index contributed by atoms with van der Waals surface area (Å²) in [6.07, 6.45) is 2.58. The lowest BCUT2D eigenvalue weighted by Gasteiger charge is -2.07. The molecule has 1 amide bonds. The maximum atomic E-state index is 11.8. The van der Waals surface area contributed by atoms with Gasteiger partial charge in [0, 0.05) is 24.3 Å². The van der Waals surface area contributed by atoms with E-state index < -0.39 is 0 Å². The number of hydrogen-bond acceptors (Lipinski definition) is 4. The van der Waals surface area contributed by atoms with Crippen LogP contribution in [0, 0.1) is 0 Å². The van der Waals surface area contributed by atoms with Crippen LogP contribution in [-0.2, 0) is 4.79 Å². The maximum absolute atomic E-state index is 11.8. The predicted octanol–water partition coefficient (Wildman–Crippen LogP) is 2.04. The van der Waals surface area contributed by atoms with Gasteiger partial charge in [-0.05, 0) is 28.4 Å². The van der Waals surface area contributed by atoms with E-state index in [2.05, 4.69) is 30.9 Å². The molecule has 0 aromatic carbocycles. The molecule has 3 rings (SSSR count). The van der Waals surface area contributed by atoms with Gasteiger partial charge in [0.05, 0.1) is 10.8 Å². The summed E-state index contributed by atoms with van der Waals surface area (Å²) in [6, 6.07) is 1.93. The largest absolute Gasteiger partial charge is 0.345 e. The molecule has 0 aliphatic carbocycles. The zero-order valence-corrected chi connectivity index (χ0v) is 12.1. The first kappa shape index (κ1) is 12.0. The van der Waals surface area contributed by atoms with Crippen LogP contribution in [0.5, 0.6) is 0 Å². The van der Waals surface area contributed by atoms with Crippen LogP contribution in [0.15, 0.2) is 21.9 Å². The molecule has 0 spiro atoms. The van der Waals surface area contributed by atoms with Crippen LogP contribution >= 0.6 is 27.7 Å². The third kappa shape index (κ3) is 2.12. The highest BCUT2D eigenvalue weighted by atomic mass is 79.9. The molecule has 1 fully saturated rings. The van der Waals surface area contributed by atoms with Crippen molar-refractivity contribution in [1.29, 1.82) is 0 Å². The third-order valence-electron chi connectivity index (χ3n) is 2.91. The fraction of sp³-hybridized carbons (Fsp3) is 0.364. The van der Waals surface area contributed by atoms with Gasteiger partial charge in [-0.1, -0.05) is 11.8 Å². The van der Waals surface area contributed by atoms with Crippen LogP contribution in [0.25, 0.3) is 11.2 Å². The van der Waals surface area contributed by atoms with Gasteiger partial charge in [-0.2, -0.15) is 0 Å². The van der Waals surface area contributed by atoms with Crippen LogP contribution in [0.4, 0.5) is 0 Å². The summed E-state index contributed by atoms with van der Waals surface area (Å²) in [5.74, 6) is 0.176. The number of aromatic amines is 1. The number of rotatable bonds is 2. The summed E-state index contributed by atoms with van der Waals surface area (Å²) in [7, 11) is 1.83. The van der Waals surface area contributed by atoms with Gasteiger partial charge in [0.15, 0.2) is 10.8 Å². The fourth-order valence-corrected chi connectivity index (χ4v) is 3.36. The molecule has 1 saturated heterocycles. The molecule has 0 radical (unpaired) electrons. The normalized spacial score (nSPS) is 20.0. The lowest BCUT2D eigenvalue weighted by atomic mass is 10.4. The molecule has 3 heterocycles. The highest BCUT2D eigenvalue weighted by Crippen LogP contribution is 2.29. The fourth-order valence-electron chi connectivity index (χ4n) is 1.94. The van der Waals surface area contributed by atoms with Crippen LogP contribution in [0.1, 0.15) is 6.42 Å². The lowest BCUT2D eigenvalue weighted by Crippen LogP contribution is -2.23. The average molecular weight is 327 g/mol. The lowest BCUT2D eigenvalue weighted by molar-refractivity contribution is -0.126. The zero-order valence-electron chi connectivity index (χ0n) is 9.68. The summed E-state index contributed by atoms with van der Waals surface area (Å²) < 4.78 is 0.909. The predicted molar refractivity (Wildman–Crippen MR) is 73.5 cm³/mol. The molecule has 0 unspecified atom stereocenters. The van der Waals surface area contributed by atoms with E-state index in [4.69, 9.17) is 0 Å². The molecule has 1 aliphatic heterocycles. The van der Waals surface area contributed by atoms with E-state index in [0.29, 0.717) is 5.65 Å². The van der Waals surface area contributed by atoms with Crippen molar-refractivity contribution in [1.82, 2.24) is 19.9 Å². The molecule has 2 aromatic heterocycles. The number of halogens is 1. The second kappa shape index (κ2) is 4.55. The van der Waals surface area contributed by atoms with E-state index in [-0.39, 0.29) is 11.2 Å². The molecule has 2 aromatic rings. The number of H-pyrrole nitrogens is 1. The Morgan fingerprint density at radius 3 is 3.17 bits per heavy atom. The minimum atomic E-state index is -0.0287. The molecule has 1 N–H and O–H groups in total. The Morgan fingerprint density at radius 1 is 1.61 bits per heavy atom. The summed E-state index contributed by atoms with van der Waals surface area (Å²) in [5, 5.41) is 0.725. The number of pyridine rings is 1. The van der Waals surface area contributed by atoms with Gasteiger partial charge in [-0.15, -0.1) is 0 Å². The molecule has 0 bridgehead atoms. The number of aromatic nitrogens is 3. The number of nitrogens with one attached hydrogen (secondary N) is 1. The first-order valence-corrected chi connectivity index (χ1v) is 7.23. The Hall–Kier alpha value is -1.08. The third-order valence-corrected chi connectivity index (χ3v) is 4.49. The molecular formula is C11H11BrN4OS. The Labute approximate surface area is 116 Å². The number of likely N-dealkylation sites (tertiary alicyclic amines) is 1. The minimum absolute atomic E-state index is 0.0287. The first-order chi connectivity index (χ1) is 8.63. The van der Waals surface area contributed by atoms with Crippen molar-refractivity contribution < 1.29 is 4.79 Å². The van der Waals surface area contributed by atoms with Crippen molar-refractivity contribution in [3.63, 3.8) is 0 Å². The highest BCUT2D eigenvalue weighted by Gasteiger charge is 2.30. The first-order valence-electron chi connectivity index (χ1n) is 5.56. The molecular weight excluding hydrogens is 316 g/mol. The molecule has 5 nitrogen and oxygen atoms in total. The molecule has 18 heavy (non-hydrogen) atoms. The van der Waals surface area contributed by atoms with Crippen LogP contribution in [0.2, 0.25) is 0 Å². The number of nitrogens with zero attached hydrogens (tertiary/aromatic N) is 3. The SMILES string of the molecule is CN1CC[C@H](Sc2nc3ncc(Br)cc3[nH]2)C1=O. The van der Waals surface area contributed by atoms with Crippen molar-refractivity contribution in [2.45, 2.75) is 16.8 Å². The highest BCUT2D eigenvalue weighted by molar-refractivity contribution is 9.10. The summed E-state index contributed by atoms with van der Waals surface area (Å²) in [4.78, 5) is 25.4. The van der Waals surface area contributed by atoms with Gasteiger partial charge in [0.1, 0.15) is 0 Å². The Morgan fingerprint density at radius 2 is 2.44 bits per heavy atom. The number of thioether (sulfide) groups is 1. The number of amides is 1. The monoisotopic (exact) mass is 326 g/mol. The van der Waals surface area contributed by atoms with E-state index in [0.717, 1.165) is 28.1 Å². The van der Waals surface area contributed by atoms with Crippen LogP contribution < -0.4 is 0 Å². The van der Waals surface area contributed by atoms with E-state index in [1.165, 1.54) is 11.8 Å². The molecule has 0 saturated carbocycles. The number of carbonyl (C=O) groups is 1. The summed E-state index contributed by atoms with van der Waals surface area (Å²) >= 11 is 4.85. The van der Waals surface area contributed by atoms with Gasteiger partial charge in [0.2, 0.25) is 5.91 Å². The molecule has 7 heteroatoms. The van der Waals surface area contributed by atoms with Gasteiger partial charge >= 0.3 is 0 Å². The van der Waals surface area contributed by atoms with Crippen molar-refractivity contribution in [3.05, 3.63) is 16.7 Å². The minimum Gasteiger partial charge on any atom is -0.345 e. The van der Waals surface area contributed by atoms with Crippen molar-refractivity contribution in [2.24, 2.45) is 0 Å². The van der Waals surface area contributed by atoms with Gasteiger partial charge < -0.3 is 9.88 Å². The van der Waals surface area contributed by atoms with Crippen LogP contribution in [0.3, 0.4) is 0 Å². The number of hydrogen-bond donors (Lipinski definition) is 1. The van der Waals surface area contributed by atoms with Crippen molar-refractivity contribution in [2.75, 3.05) is 13.6 Å². The number of fused-ring (bicyclic) bond motifs is 1. The molecule has 94 valence electrons. The standard InChI is InChI=1S/C11H11BrN4OS/c1-16-3-2-8(10(16)17)18-11-14-7-4-6(12)5-13-9(7)15-11/h4-5,8H,2-3H2,1H3,(H,13,14,15)/t8-/m0/s1. The van der Waals surface area contributed by atoms with E-state index in [9.17, 15) is 4.79 Å². The van der Waals surface area contributed by atoms with Gasteiger partial charge in [0.25, 0.3) is 0 Å². The van der Waals surface area contributed by atoms with Crippen molar-refractivity contribution >= 4 is 44.8 Å². The quantitative estimate of drug-likeness (QED) is 0.917. The Bertz CT molecular complexity index is 614. The van der Waals surface area contributed by atoms with E-state index >= 15 is 0 Å². The average Bonchev–Trinajstić information content (AvgIpc) is 2.86. The van der Waals surface area contributed by atoms with Gasteiger partial charge in [-0.25, -0.2) is 9.97 Å². The number of carbonyl (C=O) groups excluding carboxylic acids is 1. The molecule has 1 atom stereocenters. The van der Waals surface area contributed by atoms with Crippen molar-refractivity contribution in [3.8, 4) is 0 Å². The summed E-state index contributed by atoms with van der Waals surface area (Å²) in [6.45, 7) is 0.820. The topological polar surface area (TPSA) is 61.9 Å². The smallest absolute Gasteiger partial charge is 0.235 e. The van der Waals surface area contributed by atoms with E-state index in [1.54, 1.807) is 11.1 Å². The second-order valence-corrected chi connectivity index (χ2v) is 6.33. The zero-order chi connectivity index (χ0) is 12.7. The maximum Gasteiger partial charge on any atom is 0.235 e. The second-order valence-electron chi connectivity index (χ2n) is 4.22.